The van der Waals surface area contributed by atoms with Crippen LogP contribution in [-0.4, -0.2) is 18.5 Å². The van der Waals surface area contributed by atoms with Gasteiger partial charge in [0.15, 0.2) is 0 Å². The van der Waals surface area contributed by atoms with E-state index in [0.717, 1.165) is 17.7 Å². The van der Waals surface area contributed by atoms with E-state index >= 15 is 0 Å². The predicted molar refractivity (Wildman–Crippen MR) is 102 cm³/mol. The van der Waals surface area contributed by atoms with Gasteiger partial charge in [-0.2, -0.15) is 0 Å². The largest absolute Gasteiger partial charge is 0.489 e. The molecule has 2 aromatic carbocycles. The molecule has 1 amide bonds. The molecule has 2 fully saturated rings. The summed E-state index contributed by atoms with van der Waals surface area (Å²) in [6.45, 7) is 1.11. The fraction of sp³-hybridized carbons (Fsp3) is 0.409. The van der Waals surface area contributed by atoms with E-state index in [0.29, 0.717) is 25.0 Å². The molecule has 4 nitrogen and oxygen atoms in total. The van der Waals surface area contributed by atoms with Crippen LogP contribution in [0.5, 0.6) is 5.75 Å². The molecule has 3 atom stereocenters. The van der Waals surface area contributed by atoms with E-state index in [1.807, 2.05) is 30.3 Å². The molecule has 0 saturated heterocycles. The Kier molecular flexibility index (Phi) is 4.93. The van der Waals surface area contributed by atoms with E-state index in [1.54, 1.807) is 0 Å². The monoisotopic (exact) mass is 350 g/mol. The van der Waals surface area contributed by atoms with Gasteiger partial charge in [0.25, 0.3) is 0 Å². The number of benzene rings is 2. The van der Waals surface area contributed by atoms with Crippen LogP contribution in [-0.2, 0) is 11.4 Å². The summed E-state index contributed by atoms with van der Waals surface area (Å²) in [7, 11) is 0. The molecule has 2 aliphatic rings. The second-order valence-corrected chi connectivity index (χ2v) is 7.48. The van der Waals surface area contributed by atoms with Gasteiger partial charge in [-0.15, -0.1) is 0 Å². The molecule has 0 aromatic heterocycles. The summed E-state index contributed by atoms with van der Waals surface area (Å²) < 4.78 is 5.83. The lowest BCUT2D eigenvalue weighted by Gasteiger charge is -2.16. The summed E-state index contributed by atoms with van der Waals surface area (Å²) in [5, 5.41) is 3.15. The number of hydrogen-bond acceptors (Lipinski definition) is 3. The molecule has 4 rings (SSSR count). The first-order chi connectivity index (χ1) is 12.7. The van der Waals surface area contributed by atoms with Crippen molar-refractivity contribution in [3.8, 4) is 5.75 Å². The Bertz CT molecular complexity index is 740. The van der Waals surface area contributed by atoms with E-state index < -0.39 is 0 Å². The minimum Gasteiger partial charge on any atom is -0.489 e. The number of rotatable bonds is 8. The molecule has 26 heavy (non-hydrogen) atoms. The highest BCUT2D eigenvalue weighted by atomic mass is 16.5. The summed E-state index contributed by atoms with van der Waals surface area (Å²) in [6.07, 6.45) is 3.32. The van der Waals surface area contributed by atoms with E-state index in [-0.39, 0.29) is 17.9 Å². The van der Waals surface area contributed by atoms with Crippen LogP contribution in [0.25, 0.3) is 0 Å². The molecule has 2 aliphatic carbocycles. The zero-order valence-corrected chi connectivity index (χ0v) is 14.9. The first-order valence-corrected chi connectivity index (χ1v) is 9.51. The molecule has 0 spiro atoms. The highest BCUT2D eigenvalue weighted by Crippen LogP contribution is 2.48. The van der Waals surface area contributed by atoms with Crippen molar-refractivity contribution in [3.05, 3.63) is 65.7 Å². The number of amides is 1. The summed E-state index contributed by atoms with van der Waals surface area (Å²) in [4.78, 5) is 12.4. The quantitative estimate of drug-likeness (QED) is 0.768. The standard InChI is InChI=1S/C22H26N2O2/c23-13-21(17-6-7-17)24-22(25)20-12-19(20)16-8-10-18(11-9-16)26-14-15-4-2-1-3-5-15/h1-5,8-11,17,19-21H,6-7,12-14,23H2,(H,24,25). The van der Waals surface area contributed by atoms with Gasteiger partial charge in [-0.25, -0.2) is 0 Å². The van der Waals surface area contributed by atoms with Gasteiger partial charge in [0.05, 0.1) is 0 Å². The van der Waals surface area contributed by atoms with Gasteiger partial charge in [-0.1, -0.05) is 42.5 Å². The highest BCUT2D eigenvalue weighted by molar-refractivity contribution is 5.83. The molecule has 3 N–H and O–H groups in total. The topological polar surface area (TPSA) is 64.3 Å². The predicted octanol–water partition coefficient (Wildman–Crippen LogP) is 3.22. The van der Waals surface area contributed by atoms with Gasteiger partial charge in [-0.05, 0) is 54.4 Å². The average Bonchev–Trinajstić information content (AvgIpc) is 3.58. The Morgan fingerprint density at radius 2 is 1.85 bits per heavy atom. The summed E-state index contributed by atoms with van der Waals surface area (Å²) >= 11 is 0. The van der Waals surface area contributed by atoms with E-state index in [1.165, 1.54) is 18.4 Å². The Hall–Kier alpha value is -2.33. The third kappa shape index (κ3) is 4.07. The van der Waals surface area contributed by atoms with Crippen LogP contribution in [0.2, 0.25) is 0 Å². The number of ether oxygens (including phenoxy) is 1. The van der Waals surface area contributed by atoms with Gasteiger partial charge in [0.2, 0.25) is 5.91 Å². The first kappa shape index (κ1) is 17.1. The summed E-state index contributed by atoms with van der Waals surface area (Å²) in [6, 6.07) is 18.5. The number of hydrogen-bond donors (Lipinski definition) is 2. The van der Waals surface area contributed by atoms with Crippen LogP contribution in [0.15, 0.2) is 54.6 Å². The average molecular weight is 350 g/mol. The lowest BCUT2D eigenvalue weighted by molar-refractivity contribution is -0.123. The second kappa shape index (κ2) is 7.50. The zero-order chi connectivity index (χ0) is 17.9. The zero-order valence-electron chi connectivity index (χ0n) is 14.9. The number of nitrogens with two attached hydrogens (primary N) is 1. The van der Waals surface area contributed by atoms with Crippen LogP contribution in [0, 0.1) is 11.8 Å². The number of carbonyl (C=O) groups excluding carboxylic acids is 1. The van der Waals surface area contributed by atoms with Crippen molar-refractivity contribution in [1.29, 1.82) is 0 Å². The van der Waals surface area contributed by atoms with Crippen LogP contribution >= 0.6 is 0 Å². The maximum absolute atomic E-state index is 12.4. The maximum atomic E-state index is 12.4. The number of nitrogens with one attached hydrogen (secondary N) is 1. The maximum Gasteiger partial charge on any atom is 0.224 e. The number of carbonyl (C=O) groups is 1. The van der Waals surface area contributed by atoms with Crippen molar-refractivity contribution < 1.29 is 9.53 Å². The summed E-state index contributed by atoms with van der Waals surface area (Å²) in [5.41, 5.74) is 8.16. The van der Waals surface area contributed by atoms with Crippen molar-refractivity contribution in [1.82, 2.24) is 5.32 Å². The Morgan fingerprint density at radius 3 is 2.50 bits per heavy atom. The van der Waals surface area contributed by atoms with Gasteiger partial charge in [0.1, 0.15) is 12.4 Å². The van der Waals surface area contributed by atoms with E-state index in [9.17, 15) is 4.79 Å². The first-order valence-electron chi connectivity index (χ1n) is 9.51. The molecular weight excluding hydrogens is 324 g/mol. The van der Waals surface area contributed by atoms with Crippen LogP contribution in [0.4, 0.5) is 0 Å². The molecule has 0 bridgehead atoms. The Labute approximate surface area is 154 Å². The van der Waals surface area contributed by atoms with Gasteiger partial charge in [0, 0.05) is 18.5 Å². The molecule has 136 valence electrons. The molecular formula is C22H26N2O2. The third-order valence-corrected chi connectivity index (χ3v) is 5.46. The van der Waals surface area contributed by atoms with Crippen molar-refractivity contribution in [2.24, 2.45) is 17.6 Å². The van der Waals surface area contributed by atoms with Crippen molar-refractivity contribution in [2.45, 2.75) is 37.8 Å². The minimum absolute atomic E-state index is 0.0962. The second-order valence-electron chi connectivity index (χ2n) is 7.48. The highest BCUT2D eigenvalue weighted by Gasteiger charge is 2.45. The molecule has 2 aromatic rings. The molecule has 2 saturated carbocycles. The third-order valence-electron chi connectivity index (χ3n) is 5.46. The van der Waals surface area contributed by atoms with Crippen molar-refractivity contribution in [2.75, 3.05) is 6.54 Å². The SMILES string of the molecule is NCC(NC(=O)C1CC1c1ccc(OCc2ccccc2)cc1)C1CC1. The van der Waals surface area contributed by atoms with Crippen molar-refractivity contribution in [3.63, 3.8) is 0 Å². The van der Waals surface area contributed by atoms with E-state index in [2.05, 4.69) is 29.6 Å². The minimum atomic E-state index is 0.0962. The van der Waals surface area contributed by atoms with Crippen molar-refractivity contribution >= 4 is 5.91 Å². The van der Waals surface area contributed by atoms with Gasteiger partial charge < -0.3 is 15.8 Å². The molecule has 0 radical (unpaired) electrons. The molecule has 4 heteroatoms. The summed E-state index contributed by atoms with van der Waals surface area (Å²) in [5.74, 6) is 2.05. The Balaban J connectivity index is 1.28. The Morgan fingerprint density at radius 1 is 1.12 bits per heavy atom. The van der Waals surface area contributed by atoms with Gasteiger partial charge in [-0.3, -0.25) is 4.79 Å². The fourth-order valence-corrected chi connectivity index (χ4v) is 3.56. The normalized spacial score (nSPS) is 22.5. The smallest absolute Gasteiger partial charge is 0.224 e. The van der Waals surface area contributed by atoms with Crippen LogP contribution in [0.1, 0.15) is 36.3 Å². The van der Waals surface area contributed by atoms with Crippen LogP contribution in [0.3, 0.4) is 0 Å². The lowest BCUT2D eigenvalue weighted by Crippen LogP contribution is -2.42. The van der Waals surface area contributed by atoms with Crippen LogP contribution < -0.4 is 15.8 Å². The van der Waals surface area contributed by atoms with Gasteiger partial charge >= 0.3 is 0 Å². The lowest BCUT2D eigenvalue weighted by atomic mass is 10.1. The molecule has 3 unspecified atom stereocenters. The fourth-order valence-electron chi connectivity index (χ4n) is 3.56. The molecule has 0 heterocycles. The molecule has 0 aliphatic heterocycles. The van der Waals surface area contributed by atoms with E-state index in [4.69, 9.17) is 10.5 Å².